The topological polar surface area (TPSA) is 84.5 Å². The lowest BCUT2D eigenvalue weighted by molar-refractivity contribution is 0.619. The van der Waals surface area contributed by atoms with E-state index in [1.54, 1.807) is 18.7 Å². The summed E-state index contributed by atoms with van der Waals surface area (Å²) < 4.78 is 2.03. The molecule has 2 aromatic heterocycles. The van der Waals surface area contributed by atoms with Crippen molar-refractivity contribution in [1.29, 1.82) is 0 Å². The molecule has 1 atom stereocenters. The highest BCUT2D eigenvalue weighted by molar-refractivity contribution is 5.88. The summed E-state index contributed by atoms with van der Waals surface area (Å²) in [4.78, 5) is 4.03. The Morgan fingerprint density at radius 1 is 1.47 bits per heavy atom. The lowest BCUT2D eigenvalue weighted by atomic mass is 10.2. The number of imidazole rings is 1. The van der Waals surface area contributed by atoms with Crippen molar-refractivity contribution < 1.29 is 0 Å². The van der Waals surface area contributed by atoms with E-state index in [9.17, 15) is 0 Å². The number of aromatic nitrogens is 4. The highest BCUT2D eigenvalue weighted by Gasteiger charge is 2.07. The monoisotopic (exact) mass is 256 g/mol. The Kier molecular flexibility index (Phi) is 2.83. The number of benzene rings is 1. The Morgan fingerprint density at radius 2 is 2.37 bits per heavy atom. The van der Waals surface area contributed by atoms with Crippen molar-refractivity contribution in [2.45, 2.75) is 19.5 Å². The molecule has 1 unspecified atom stereocenters. The van der Waals surface area contributed by atoms with E-state index in [4.69, 9.17) is 5.73 Å². The number of anilines is 2. The molecule has 3 aromatic rings. The van der Waals surface area contributed by atoms with E-state index < -0.39 is 0 Å². The van der Waals surface area contributed by atoms with Crippen molar-refractivity contribution in [2.75, 3.05) is 11.1 Å². The summed E-state index contributed by atoms with van der Waals surface area (Å²) in [5, 5.41) is 11.4. The van der Waals surface area contributed by atoms with Gasteiger partial charge in [0.1, 0.15) is 0 Å². The number of fused-ring (bicyclic) bond motifs is 1. The maximum absolute atomic E-state index is 6.04. The van der Waals surface area contributed by atoms with Gasteiger partial charge in [-0.15, -0.1) is 0 Å². The first-order chi connectivity index (χ1) is 9.22. The summed E-state index contributed by atoms with van der Waals surface area (Å²) >= 11 is 0. The predicted octanol–water partition coefficient (Wildman–Crippen LogP) is 1.84. The van der Waals surface area contributed by atoms with Crippen LogP contribution in [0.1, 0.15) is 6.92 Å². The first kappa shape index (κ1) is 11.6. The summed E-state index contributed by atoms with van der Waals surface area (Å²) in [5.74, 6) is 0. The molecule has 1 aromatic carbocycles. The summed E-state index contributed by atoms with van der Waals surface area (Å²) in [7, 11) is 0. The molecule has 6 nitrogen and oxygen atoms in total. The van der Waals surface area contributed by atoms with E-state index in [1.807, 2.05) is 22.9 Å². The average molecular weight is 256 g/mol. The second kappa shape index (κ2) is 4.64. The summed E-state index contributed by atoms with van der Waals surface area (Å²) in [6.45, 7) is 2.94. The smallest absolute Gasteiger partial charge is 0.0946 e. The van der Waals surface area contributed by atoms with Crippen LogP contribution in [0.3, 0.4) is 0 Å². The minimum Gasteiger partial charge on any atom is -0.397 e. The van der Waals surface area contributed by atoms with Crippen molar-refractivity contribution in [3.63, 3.8) is 0 Å². The third-order valence-electron chi connectivity index (χ3n) is 3.06. The van der Waals surface area contributed by atoms with E-state index in [0.717, 1.165) is 28.8 Å². The van der Waals surface area contributed by atoms with Gasteiger partial charge in [0.05, 0.1) is 29.4 Å². The van der Waals surface area contributed by atoms with Crippen LogP contribution in [0.25, 0.3) is 10.9 Å². The molecule has 0 radical (unpaired) electrons. The van der Waals surface area contributed by atoms with E-state index in [0.29, 0.717) is 0 Å². The zero-order chi connectivity index (χ0) is 13.2. The number of nitrogens with two attached hydrogens (primary N) is 1. The van der Waals surface area contributed by atoms with E-state index in [1.165, 1.54) is 0 Å². The Labute approximate surface area is 110 Å². The fourth-order valence-corrected chi connectivity index (χ4v) is 2.16. The minimum absolute atomic E-state index is 0.247. The van der Waals surface area contributed by atoms with Crippen molar-refractivity contribution >= 4 is 22.3 Å². The molecule has 0 fully saturated rings. The quantitative estimate of drug-likeness (QED) is 0.622. The first-order valence-corrected chi connectivity index (χ1v) is 6.17. The number of nitrogens with zero attached hydrogens (tertiary/aromatic N) is 3. The second-order valence-corrected chi connectivity index (χ2v) is 4.70. The highest BCUT2D eigenvalue weighted by atomic mass is 15.1. The van der Waals surface area contributed by atoms with Gasteiger partial charge >= 0.3 is 0 Å². The van der Waals surface area contributed by atoms with Crippen LogP contribution in [0.4, 0.5) is 11.4 Å². The third kappa shape index (κ3) is 2.37. The van der Waals surface area contributed by atoms with Gasteiger partial charge < -0.3 is 15.6 Å². The second-order valence-electron chi connectivity index (χ2n) is 4.70. The Hall–Kier alpha value is -2.50. The van der Waals surface area contributed by atoms with Crippen LogP contribution in [0.15, 0.2) is 37.1 Å². The van der Waals surface area contributed by atoms with Gasteiger partial charge in [0, 0.05) is 30.4 Å². The Balaban J connectivity index is 1.78. The van der Waals surface area contributed by atoms with Gasteiger partial charge in [-0.3, -0.25) is 5.10 Å². The average Bonchev–Trinajstić information content (AvgIpc) is 3.00. The van der Waals surface area contributed by atoms with Gasteiger partial charge in [0.25, 0.3) is 0 Å². The van der Waals surface area contributed by atoms with Crippen molar-refractivity contribution in [3.05, 3.63) is 37.1 Å². The molecular formula is C13H16N6. The van der Waals surface area contributed by atoms with Gasteiger partial charge in [-0.25, -0.2) is 4.98 Å². The van der Waals surface area contributed by atoms with Crippen LogP contribution in [0.5, 0.6) is 0 Å². The molecule has 3 rings (SSSR count). The largest absolute Gasteiger partial charge is 0.397 e. The Morgan fingerprint density at radius 3 is 3.16 bits per heavy atom. The summed E-state index contributed by atoms with van der Waals surface area (Å²) in [6, 6.07) is 4.16. The summed E-state index contributed by atoms with van der Waals surface area (Å²) in [5.41, 5.74) is 8.67. The minimum atomic E-state index is 0.247. The highest BCUT2D eigenvalue weighted by Crippen LogP contribution is 2.25. The fraction of sp³-hybridized carbons (Fsp3) is 0.231. The molecule has 4 N–H and O–H groups in total. The molecule has 0 saturated carbocycles. The van der Waals surface area contributed by atoms with Crippen LogP contribution in [0, 0.1) is 0 Å². The third-order valence-corrected chi connectivity index (χ3v) is 3.06. The van der Waals surface area contributed by atoms with Gasteiger partial charge in [0.15, 0.2) is 0 Å². The molecule has 98 valence electrons. The lowest BCUT2D eigenvalue weighted by Gasteiger charge is -2.17. The van der Waals surface area contributed by atoms with Crippen LogP contribution in [-0.2, 0) is 6.54 Å². The van der Waals surface area contributed by atoms with Gasteiger partial charge in [-0.05, 0) is 19.1 Å². The molecule has 0 amide bonds. The molecule has 0 aliphatic rings. The van der Waals surface area contributed by atoms with Crippen molar-refractivity contribution in [2.24, 2.45) is 0 Å². The number of nitrogens with one attached hydrogen (secondary N) is 2. The van der Waals surface area contributed by atoms with Gasteiger partial charge in [-0.1, -0.05) is 0 Å². The van der Waals surface area contributed by atoms with Crippen molar-refractivity contribution in [3.8, 4) is 0 Å². The molecule has 0 bridgehead atoms. The Bertz CT molecular complexity index is 670. The SMILES string of the molecule is CC(Cn1ccnc1)Nc1cc2[nH]ncc2cc1N. The maximum atomic E-state index is 6.04. The maximum Gasteiger partial charge on any atom is 0.0946 e. The number of nitrogen functional groups attached to an aromatic ring is 1. The normalized spacial score (nSPS) is 12.7. The number of rotatable bonds is 4. The number of H-pyrrole nitrogens is 1. The van der Waals surface area contributed by atoms with Gasteiger partial charge in [0.2, 0.25) is 0 Å². The standard InChI is InChI=1S/C13H16N6/c1-9(7-19-3-2-15-8-19)17-13-5-12-10(4-11(13)14)6-16-18-12/h2-6,8-9,17H,7,14H2,1H3,(H,16,18). The van der Waals surface area contributed by atoms with E-state index in [-0.39, 0.29) is 6.04 Å². The van der Waals surface area contributed by atoms with Crippen LogP contribution < -0.4 is 11.1 Å². The molecule has 0 spiro atoms. The summed E-state index contributed by atoms with van der Waals surface area (Å²) in [6.07, 6.45) is 7.29. The molecule has 0 aliphatic heterocycles. The molecule has 0 aliphatic carbocycles. The van der Waals surface area contributed by atoms with Crippen LogP contribution in [-0.4, -0.2) is 25.8 Å². The zero-order valence-corrected chi connectivity index (χ0v) is 10.7. The van der Waals surface area contributed by atoms with E-state index in [2.05, 4.69) is 27.4 Å². The van der Waals surface area contributed by atoms with Crippen molar-refractivity contribution in [1.82, 2.24) is 19.7 Å². The molecule has 6 heteroatoms. The molecule has 19 heavy (non-hydrogen) atoms. The van der Waals surface area contributed by atoms with Crippen LogP contribution >= 0.6 is 0 Å². The number of hydrogen-bond donors (Lipinski definition) is 3. The fourth-order valence-electron chi connectivity index (χ4n) is 2.16. The molecule has 0 saturated heterocycles. The first-order valence-electron chi connectivity index (χ1n) is 6.17. The van der Waals surface area contributed by atoms with Crippen LogP contribution in [0.2, 0.25) is 0 Å². The predicted molar refractivity (Wildman–Crippen MR) is 75.8 cm³/mol. The number of aromatic amines is 1. The number of hydrogen-bond acceptors (Lipinski definition) is 4. The lowest BCUT2D eigenvalue weighted by Crippen LogP contribution is -2.21. The van der Waals surface area contributed by atoms with Gasteiger partial charge in [-0.2, -0.15) is 5.10 Å². The zero-order valence-electron chi connectivity index (χ0n) is 10.7. The molecular weight excluding hydrogens is 240 g/mol. The van der Waals surface area contributed by atoms with E-state index >= 15 is 0 Å². The molecule has 2 heterocycles.